The molecule has 2 aromatic carbocycles. The molecule has 0 saturated heterocycles. The maximum absolute atomic E-state index is 11.9. The summed E-state index contributed by atoms with van der Waals surface area (Å²) in [6.07, 6.45) is 0. The number of hydrogen-bond donors (Lipinski definition) is 1. The van der Waals surface area contributed by atoms with Gasteiger partial charge in [0.15, 0.2) is 0 Å². The molecular weight excluding hydrogens is 276 g/mol. The number of benzene rings is 2. The lowest BCUT2D eigenvalue weighted by Gasteiger charge is -2.11. The Balaban J connectivity index is 2.50. The fourth-order valence-electron chi connectivity index (χ4n) is 2.31. The maximum atomic E-state index is 11.9. The molecule has 0 amide bonds. The third-order valence-corrected chi connectivity index (χ3v) is 3.60. The van der Waals surface area contributed by atoms with Crippen LogP contribution in [0.25, 0.3) is 22.1 Å². The number of hydrogen-bond acceptors (Lipinski definition) is 3. The van der Waals surface area contributed by atoms with Crippen LogP contribution < -0.4 is 5.63 Å². The molecule has 0 saturated carbocycles. The van der Waals surface area contributed by atoms with E-state index >= 15 is 0 Å². The number of rotatable bonds is 1. The first-order chi connectivity index (χ1) is 9.59. The van der Waals surface area contributed by atoms with Crippen LogP contribution in [0.1, 0.15) is 5.56 Å². The van der Waals surface area contributed by atoms with Gasteiger partial charge in [-0.15, -0.1) is 0 Å². The summed E-state index contributed by atoms with van der Waals surface area (Å²) < 4.78 is 5.25. The molecule has 0 aliphatic carbocycles. The smallest absolute Gasteiger partial charge is 0.339 e. The Morgan fingerprint density at radius 1 is 1.10 bits per heavy atom. The molecule has 3 aromatic rings. The van der Waals surface area contributed by atoms with Crippen LogP contribution in [0.15, 0.2) is 51.7 Å². The summed E-state index contributed by atoms with van der Waals surface area (Å²) in [5, 5.41) is 11.2. The van der Waals surface area contributed by atoms with Crippen molar-refractivity contribution in [2.45, 2.75) is 6.92 Å². The predicted molar refractivity (Wildman–Crippen MR) is 79.3 cm³/mol. The van der Waals surface area contributed by atoms with Gasteiger partial charge in [0.05, 0.1) is 5.02 Å². The lowest BCUT2D eigenvalue weighted by atomic mass is 9.97. The number of para-hydroxylation sites is 2. The summed E-state index contributed by atoms with van der Waals surface area (Å²) in [7, 11) is 0. The van der Waals surface area contributed by atoms with Crippen molar-refractivity contribution in [3.05, 3.63) is 63.5 Å². The summed E-state index contributed by atoms with van der Waals surface area (Å²) in [5.74, 6) is -0.0342. The number of fused-ring (bicyclic) bond motifs is 1. The van der Waals surface area contributed by atoms with E-state index in [1.807, 2.05) is 12.1 Å². The first-order valence-corrected chi connectivity index (χ1v) is 6.47. The lowest BCUT2D eigenvalue weighted by Crippen LogP contribution is -2.05. The molecule has 0 spiro atoms. The molecular formula is C16H11ClO3. The van der Waals surface area contributed by atoms with Crippen LogP contribution in [-0.2, 0) is 0 Å². The minimum absolute atomic E-state index is 0.0342. The van der Waals surface area contributed by atoms with Gasteiger partial charge in [0.1, 0.15) is 11.3 Å². The van der Waals surface area contributed by atoms with Gasteiger partial charge in [0.25, 0.3) is 0 Å². The highest BCUT2D eigenvalue weighted by Gasteiger charge is 2.16. The van der Waals surface area contributed by atoms with Gasteiger partial charge in [-0.05, 0) is 19.1 Å². The fourth-order valence-corrected chi connectivity index (χ4v) is 2.48. The van der Waals surface area contributed by atoms with Crippen molar-refractivity contribution in [3.63, 3.8) is 0 Å². The highest BCUT2D eigenvalue weighted by atomic mass is 35.5. The molecule has 0 bridgehead atoms. The van der Waals surface area contributed by atoms with Crippen LogP contribution >= 0.6 is 11.6 Å². The van der Waals surface area contributed by atoms with Crippen molar-refractivity contribution in [3.8, 4) is 16.9 Å². The van der Waals surface area contributed by atoms with E-state index in [0.717, 1.165) is 5.39 Å². The minimum atomic E-state index is -0.418. The van der Waals surface area contributed by atoms with E-state index in [0.29, 0.717) is 22.3 Å². The topological polar surface area (TPSA) is 50.4 Å². The van der Waals surface area contributed by atoms with Crippen molar-refractivity contribution in [1.29, 1.82) is 0 Å². The molecule has 0 atom stereocenters. The van der Waals surface area contributed by atoms with Crippen molar-refractivity contribution in [1.82, 2.24) is 0 Å². The molecule has 0 aliphatic rings. The highest BCUT2D eigenvalue weighted by molar-refractivity contribution is 6.32. The van der Waals surface area contributed by atoms with Crippen LogP contribution in [0.5, 0.6) is 5.75 Å². The van der Waals surface area contributed by atoms with Gasteiger partial charge in [-0.1, -0.05) is 41.9 Å². The van der Waals surface area contributed by atoms with E-state index in [-0.39, 0.29) is 10.8 Å². The van der Waals surface area contributed by atoms with Crippen LogP contribution in [0.3, 0.4) is 0 Å². The van der Waals surface area contributed by atoms with E-state index in [9.17, 15) is 9.90 Å². The van der Waals surface area contributed by atoms with Gasteiger partial charge in [0.2, 0.25) is 0 Å². The molecule has 0 fully saturated rings. The van der Waals surface area contributed by atoms with Crippen LogP contribution in [0, 0.1) is 6.92 Å². The van der Waals surface area contributed by atoms with E-state index in [2.05, 4.69) is 0 Å². The Kier molecular flexibility index (Phi) is 2.99. The standard InChI is InChI=1S/C16H11ClO3/c1-9-14(11-6-4-7-12(17)15(11)18)10-5-2-3-8-13(10)20-16(9)19/h2-8,18H,1H3. The quantitative estimate of drug-likeness (QED) is 0.684. The molecule has 1 aromatic heterocycles. The zero-order valence-corrected chi connectivity index (χ0v) is 11.4. The summed E-state index contributed by atoms with van der Waals surface area (Å²) in [6, 6.07) is 12.3. The molecule has 3 rings (SSSR count). The molecule has 20 heavy (non-hydrogen) atoms. The van der Waals surface area contributed by atoms with Gasteiger partial charge in [-0.3, -0.25) is 0 Å². The average Bonchev–Trinajstić information content (AvgIpc) is 2.44. The minimum Gasteiger partial charge on any atom is -0.506 e. The maximum Gasteiger partial charge on any atom is 0.339 e. The largest absolute Gasteiger partial charge is 0.506 e. The number of phenols is 1. The molecule has 0 aliphatic heterocycles. The second-order valence-electron chi connectivity index (χ2n) is 4.52. The third-order valence-electron chi connectivity index (χ3n) is 3.30. The SMILES string of the molecule is Cc1c(-c2cccc(Cl)c2O)c2ccccc2oc1=O. The van der Waals surface area contributed by atoms with Gasteiger partial charge in [-0.25, -0.2) is 4.79 Å². The summed E-state index contributed by atoms with van der Waals surface area (Å²) in [5.41, 5.74) is 1.69. The van der Waals surface area contributed by atoms with Gasteiger partial charge in [-0.2, -0.15) is 0 Å². The normalized spacial score (nSPS) is 10.9. The van der Waals surface area contributed by atoms with E-state index in [1.54, 1.807) is 37.3 Å². The Labute approximate surface area is 120 Å². The number of halogens is 1. The number of phenolic OH excluding ortho intramolecular Hbond substituents is 1. The first kappa shape index (κ1) is 12.8. The molecule has 0 radical (unpaired) electrons. The Morgan fingerprint density at radius 2 is 1.85 bits per heavy atom. The van der Waals surface area contributed by atoms with E-state index in [4.69, 9.17) is 16.0 Å². The van der Waals surface area contributed by atoms with Crippen molar-refractivity contribution in [2.75, 3.05) is 0 Å². The van der Waals surface area contributed by atoms with Crippen molar-refractivity contribution in [2.24, 2.45) is 0 Å². The van der Waals surface area contributed by atoms with Crippen LogP contribution in [0.2, 0.25) is 5.02 Å². The highest BCUT2D eigenvalue weighted by Crippen LogP contribution is 2.39. The molecule has 1 N–H and O–H groups in total. The Hall–Kier alpha value is -2.26. The van der Waals surface area contributed by atoms with Gasteiger partial charge < -0.3 is 9.52 Å². The van der Waals surface area contributed by atoms with Crippen molar-refractivity contribution >= 4 is 22.6 Å². The summed E-state index contributed by atoms with van der Waals surface area (Å²) in [4.78, 5) is 11.9. The molecule has 100 valence electrons. The summed E-state index contributed by atoms with van der Waals surface area (Å²) >= 11 is 5.96. The number of aromatic hydroxyl groups is 1. The lowest BCUT2D eigenvalue weighted by molar-refractivity contribution is 0.477. The molecule has 3 nitrogen and oxygen atoms in total. The second kappa shape index (κ2) is 4.69. The van der Waals surface area contributed by atoms with Gasteiger partial charge >= 0.3 is 5.63 Å². The van der Waals surface area contributed by atoms with Gasteiger partial charge in [0, 0.05) is 22.1 Å². The zero-order chi connectivity index (χ0) is 14.3. The van der Waals surface area contributed by atoms with Crippen LogP contribution in [0.4, 0.5) is 0 Å². The van der Waals surface area contributed by atoms with Crippen molar-refractivity contribution < 1.29 is 9.52 Å². The fraction of sp³-hybridized carbons (Fsp3) is 0.0625. The first-order valence-electron chi connectivity index (χ1n) is 6.10. The average molecular weight is 287 g/mol. The molecule has 4 heteroatoms. The Morgan fingerprint density at radius 3 is 2.65 bits per heavy atom. The second-order valence-corrected chi connectivity index (χ2v) is 4.93. The molecule has 1 heterocycles. The summed E-state index contributed by atoms with van der Waals surface area (Å²) in [6.45, 7) is 1.67. The van der Waals surface area contributed by atoms with E-state index in [1.165, 1.54) is 0 Å². The third kappa shape index (κ3) is 1.87. The Bertz CT molecular complexity index is 865. The van der Waals surface area contributed by atoms with E-state index < -0.39 is 5.63 Å². The van der Waals surface area contributed by atoms with Crippen LogP contribution in [-0.4, -0.2) is 5.11 Å². The zero-order valence-electron chi connectivity index (χ0n) is 10.7. The molecule has 0 unspecified atom stereocenters. The predicted octanol–water partition coefficient (Wildman–Crippen LogP) is 4.13. The monoisotopic (exact) mass is 286 g/mol.